The van der Waals surface area contributed by atoms with Crippen molar-refractivity contribution >= 4 is 29.1 Å². The summed E-state index contributed by atoms with van der Waals surface area (Å²) in [7, 11) is 3.25. The van der Waals surface area contributed by atoms with Gasteiger partial charge in [0.15, 0.2) is 0 Å². The van der Waals surface area contributed by atoms with Crippen LogP contribution in [-0.2, 0) is 9.59 Å². The van der Waals surface area contributed by atoms with E-state index in [0.717, 1.165) is 11.3 Å². The summed E-state index contributed by atoms with van der Waals surface area (Å²) in [5, 5.41) is 0. The monoisotopic (exact) mass is 268 g/mol. The number of nitrogens with zero attached hydrogens (tertiary/aromatic N) is 2. The predicted octanol–water partition coefficient (Wildman–Crippen LogP) is 1.66. The molecule has 18 heavy (non-hydrogen) atoms. The van der Waals surface area contributed by atoms with Gasteiger partial charge in [-0.25, -0.2) is 0 Å². The summed E-state index contributed by atoms with van der Waals surface area (Å²) >= 11 is 5.43. The van der Waals surface area contributed by atoms with E-state index in [9.17, 15) is 9.59 Å². The van der Waals surface area contributed by atoms with Crippen LogP contribution in [0.4, 0.5) is 5.69 Å². The maximum atomic E-state index is 11.9. The third-order valence-corrected chi connectivity index (χ3v) is 2.94. The van der Waals surface area contributed by atoms with Crippen LogP contribution in [0.2, 0.25) is 0 Å². The molecule has 0 aliphatic rings. The Kier molecular flexibility index (Phi) is 5.16. The van der Waals surface area contributed by atoms with Crippen molar-refractivity contribution in [3.05, 3.63) is 29.8 Å². The molecule has 5 heteroatoms. The third kappa shape index (κ3) is 3.74. The highest BCUT2D eigenvalue weighted by atomic mass is 35.5. The molecule has 0 saturated heterocycles. The number of alkyl halides is 1. The Bertz CT molecular complexity index is 431. The first-order chi connectivity index (χ1) is 8.45. The molecule has 0 saturated carbocycles. The van der Waals surface area contributed by atoms with E-state index in [-0.39, 0.29) is 24.2 Å². The van der Waals surface area contributed by atoms with Crippen LogP contribution in [-0.4, -0.2) is 43.2 Å². The molecule has 1 aromatic rings. The first-order valence-electron chi connectivity index (χ1n) is 5.59. The van der Waals surface area contributed by atoms with Crippen molar-refractivity contribution in [1.29, 1.82) is 0 Å². The summed E-state index contributed by atoms with van der Waals surface area (Å²) in [4.78, 5) is 26.1. The van der Waals surface area contributed by atoms with Gasteiger partial charge in [-0.05, 0) is 19.1 Å². The van der Waals surface area contributed by atoms with Gasteiger partial charge in [0.2, 0.25) is 11.8 Å². The third-order valence-electron chi connectivity index (χ3n) is 2.71. The minimum absolute atomic E-state index is 0.0237. The highest BCUT2D eigenvalue weighted by Gasteiger charge is 2.16. The number of carbonyl (C=O) groups is 2. The molecule has 0 heterocycles. The van der Waals surface area contributed by atoms with Gasteiger partial charge in [0.25, 0.3) is 0 Å². The Morgan fingerprint density at radius 1 is 1.11 bits per heavy atom. The van der Waals surface area contributed by atoms with E-state index in [1.54, 1.807) is 14.1 Å². The number of rotatable bonds is 4. The van der Waals surface area contributed by atoms with Crippen LogP contribution in [0.5, 0.6) is 0 Å². The van der Waals surface area contributed by atoms with Crippen molar-refractivity contribution in [3.63, 3.8) is 0 Å². The fourth-order valence-electron chi connectivity index (χ4n) is 1.41. The van der Waals surface area contributed by atoms with Crippen LogP contribution in [0, 0.1) is 6.92 Å². The lowest BCUT2D eigenvalue weighted by Crippen LogP contribution is -2.39. The fraction of sp³-hybridized carbons (Fsp3) is 0.385. The molecule has 0 fully saturated rings. The predicted molar refractivity (Wildman–Crippen MR) is 72.9 cm³/mol. The van der Waals surface area contributed by atoms with Crippen molar-refractivity contribution in [1.82, 2.24) is 4.90 Å². The summed E-state index contributed by atoms with van der Waals surface area (Å²) in [5.74, 6) is -0.528. The molecule has 0 aromatic heterocycles. The zero-order valence-corrected chi connectivity index (χ0v) is 11.6. The molecule has 0 radical (unpaired) electrons. The Hall–Kier alpha value is -1.55. The summed E-state index contributed by atoms with van der Waals surface area (Å²) in [6.45, 7) is 2.01. The zero-order chi connectivity index (χ0) is 13.7. The Morgan fingerprint density at radius 3 is 2.17 bits per heavy atom. The summed E-state index contributed by atoms with van der Waals surface area (Å²) < 4.78 is 0. The van der Waals surface area contributed by atoms with Crippen molar-refractivity contribution in [3.8, 4) is 0 Å². The number of likely N-dealkylation sites (N-methyl/N-ethyl adjacent to an activating group) is 2. The molecular formula is C13H17ClN2O2. The first kappa shape index (κ1) is 14.5. The van der Waals surface area contributed by atoms with Gasteiger partial charge in [0.05, 0.1) is 6.54 Å². The second-order valence-corrected chi connectivity index (χ2v) is 4.44. The van der Waals surface area contributed by atoms with E-state index in [4.69, 9.17) is 11.6 Å². The van der Waals surface area contributed by atoms with Crippen LogP contribution in [0.3, 0.4) is 0 Å². The molecule has 0 spiro atoms. The van der Waals surface area contributed by atoms with Gasteiger partial charge in [-0.2, -0.15) is 0 Å². The molecular weight excluding hydrogens is 252 g/mol. The number of halogens is 1. The number of aryl methyl sites for hydroxylation is 1. The summed E-state index contributed by atoms with van der Waals surface area (Å²) in [6.07, 6.45) is 0. The smallest absolute Gasteiger partial charge is 0.246 e. The van der Waals surface area contributed by atoms with Gasteiger partial charge in [-0.15, -0.1) is 11.6 Å². The van der Waals surface area contributed by atoms with E-state index >= 15 is 0 Å². The maximum absolute atomic E-state index is 11.9. The number of hydrogen-bond acceptors (Lipinski definition) is 2. The minimum Gasteiger partial charge on any atom is -0.335 e. The normalized spacial score (nSPS) is 10.0. The van der Waals surface area contributed by atoms with Gasteiger partial charge in [0.1, 0.15) is 5.88 Å². The number of anilines is 1. The fourth-order valence-corrected chi connectivity index (χ4v) is 1.62. The second-order valence-electron chi connectivity index (χ2n) is 4.17. The lowest BCUT2D eigenvalue weighted by molar-refractivity contribution is -0.131. The molecule has 0 bridgehead atoms. The SMILES string of the molecule is Cc1ccc(N(C)C(=O)CN(C)C(=O)CCl)cc1. The quantitative estimate of drug-likeness (QED) is 0.779. The second kappa shape index (κ2) is 6.40. The molecule has 0 unspecified atom stereocenters. The van der Waals surface area contributed by atoms with Crippen molar-refractivity contribution in [2.45, 2.75) is 6.92 Å². The molecule has 0 aliphatic heterocycles. The lowest BCUT2D eigenvalue weighted by Gasteiger charge is -2.21. The molecule has 2 amide bonds. The van der Waals surface area contributed by atoms with Gasteiger partial charge < -0.3 is 9.80 Å². The first-order valence-corrected chi connectivity index (χ1v) is 6.12. The molecule has 98 valence electrons. The Morgan fingerprint density at radius 2 is 1.67 bits per heavy atom. The topological polar surface area (TPSA) is 40.6 Å². The molecule has 0 N–H and O–H groups in total. The molecule has 0 aliphatic carbocycles. The molecule has 1 aromatic carbocycles. The lowest BCUT2D eigenvalue weighted by atomic mass is 10.2. The zero-order valence-electron chi connectivity index (χ0n) is 10.8. The van der Waals surface area contributed by atoms with Crippen LogP contribution < -0.4 is 4.90 Å². The van der Waals surface area contributed by atoms with Gasteiger partial charge in [-0.3, -0.25) is 9.59 Å². The van der Waals surface area contributed by atoms with E-state index in [1.807, 2.05) is 31.2 Å². The average Bonchev–Trinajstić information content (AvgIpc) is 2.37. The van der Waals surface area contributed by atoms with Crippen LogP contribution in [0.15, 0.2) is 24.3 Å². The van der Waals surface area contributed by atoms with Crippen LogP contribution in [0.25, 0.3) is 0 Å². The van der Waals surface area contributed by atoms with E-state index < -0.39 is 0 Å². The van der Waals surface area contributed by atoms with Crippen LogP contribution in [0.1, 0.15) is 5.56 Å². The molecule has 1 rings (SSSR count). The Labute approximate surface area is 112 Å². The largest absolute Gasteiger partial charge is 0.335 e. The average molecular weight is 269 g/mol. The highest BCUT2D eigenvalue weighted by molar-refractivity contribution is 6.27. The minimum atomic E-state index is -0.262. The van der Waals surface area contributed by atoms with Crippen molar-refractivity contribution < 1.29 is 9.59 Å². The maximum Gasteiger partial charge on any atom is 0.246 e. The molecule has 0 atom stereocenters. The number of hydrogen-bond donors (Lipinski definition) is 0. The van der Waals surface area contributed by atoms with Crippen LogP contribution >= 0.6 is 11.6 Å². The summed E-state index contributed by atoms with van der Waals surface area (Å²) in [6, 6.07) is 7.62. The van der Waals surface area contributed by atoms with E-state index in [2.05, 4.69) is 0 Å². The van der Waals surface area contributed by atoms with E-state index in [1.165, 1.54) is 9.80 Å². The van der Waals surface area contributed by atoms with Gasteiger partial charge >= 0.3 is 0 Å². The van der Waals surface area contributed by atoms with Gasteiger partial charge in [0, 0.05) is 19.8 Å². The van der Waals surface area contributed by atoms with E-state index in [0.29, 0.717) is 0 Å². The number of benzene rings is 1. The van der Waals surface area contributed by atoms with Crippen molar-refractivity contribution in [2.75, 3.05) is 31.4 Å². The molecule has 4 nitrogen and oxygen atoms in total. The highest BCUT2D eigenvalue weighted by Crippen LogP contribution is 2.13. The number of carbonyl (C=O) groups excluding carboxylic acids is 2. The van der Waals surface area contributed by atoms with Gasteiger partial charge in [-0.1, -0.05) is 17.7 Å². The van der Waals surface area contributed by atoms with Crippen molar-refractivity contribution in [2.24, 2.45) is 0 Å². The standard InChI is InChI=1S/C13H17ClN2O2/c1-10-4-6-11(7-5-10)16(3)13(18)9-15(2)12(17)8-14/h4-7H,8-9H2,1-3H3. The summed E-state index contributed by atoms with van der Waals surface area (Å²) in [5.41, 5.74) is 1.94. The number of amides is 2. The Balaban J connectivity index is 2.67.